The second-order valence-corrected chi connectivity index (χ2v) is 6.34. The summed E-state index contributed by atoms with van der Waals surface area (Å²) in [6, 6.07) is 14.2. The molecule has 0 bridgehead atoms. The average molecular weight is 344 g/mol. The van der Waals surface area contributed by atoms with Gasteiger partial charge < -0.3 is 16.4 Å². The highest BCUT2D eigenvalue weighted by molar-refractivity contribution is 6.30. The molecule has 0 unspecified atom stereocenters. The first-order chi connectivity index (χ1) is 11.5. The summed E-state index contributed by atoms with van der Waals surface area (Å²) in [5, 5.41) is 6.16. The predicted octanol–water partition coefficient (Wildman–Crippen LogP) is 3.25. The van der Waals surface area contributed by atoms with Crippen LogP contribution in [0.3, 0.4) is 0 Å². The van der Waals surface area contributed by atoms with Crippen molar-refractivity contribution in [1.29, 1.82) is 0 Å². The molecule has 1 aliphatic rings. The largest absolute Gasteiger partial charge is 0.352 e. The Morgan fingerprint density at radius 3 is 2.62 bits per heavy atom. The van der Waals surface area contributed by atoms with Crippen LogP contribution in [0.25, 0.3) is 0 Å². The monoisotopic (exact) mass is 343 g/mol. The number of amides is 3. The topological polar surface area (TPSA) is 84.2 Å². The molecule has 6 heteroatoms. The van der Waals surface area contributed by atoms with Crippen LogP contribution in [0.5, 0.6) is 0 Å². The zero-order valence-corrected chi connectivity index (χ0v) is 13.7. The molecule has 1 fully saturated rings. The van der Waals surface area contributed by atoms with Crippen LogP contribution >= 0.6 is 11.6 Å². The van der Waals surface area contributed by atoms with Crippen molar-refractivity contribution in [2.24, 2.45) is 11.7 Å². The van der Waals surface area contributed by atoms with Crippen LogP contribution in [0.1, 0.15) is 23.5 Å². The molecule has 124 valence electrons. The summed E-state index contributed by atoms with van der Waals surface area (Å²) < 4.78 is 0. The fourth-order valence-electron chi connectivity index (χ4n) is 2.78. The minimum Gasteiger partial charge on any atom is -0.352 e. The first-order valence-electron chi connectivity index (χ1n) is 7.71. The zero-order chi connectivity index (χ0) is 17.1. The first-order valence-corrected chi connectivity index (χ1v) is 8.09. The van der Waals surface area contributed by atoms with Crippen molar-refractivity contribution in [3.63, 3.8) is 0 Å². The highest BCUT2D eigenvalue weighted by Crippen LogP contribution is 2.47. The van der Waals surface area contributed by atoms with Crippen molar-refractivity contribution in [1.82, 2.24) is 5.32 Å². The van der Waals surface area contributed by atoms with Gasteiger partial charge in [0.15, 0.2) is 0 Å². The summed E-state index contributed by atoms with van der Waals surface area (Å²) >= 11 is 5.88. The summed E-state index contributed by atoms with van der Waals surface area (Å²) in [6.07, 6.45) is 0.858. The van der Waals surface area contributed by atoms with E-state index < -0.39 is 6.03 Å². The highest BCUT2D eigenvalue weighted by Gasteiger charge is 2.43. The molecule has 0 spiro atoms. The molecule has 0 saturated heterocycles. The molecule has 1 saturated carbocycles. The van der Waals surface area contributed by atoms with E-state index in [9.17, 15) is 9.59 Å². The molecule has 0 radical (unpaired) electrons. The second-order valence-electron chi connectivity index (χ2n) is 5.91. The number of hydrogen-bond acceptors (Lipinski definition) is 2. The van der Waals surface area contributed by atoms with Crippen LogP contribution in [0, 0.1) is 5.92 Å². The lowest BCUT2D eigenvalue weighted by Crippen LogP contribution is -2.25. The molecular formula is C18H18ClN3O2. The average Bonchev–Trinajstić information content (AvgIpc) is 3.34. The van der Waals surface area contributed by atoms with Gasteiger partial charge in [0.1, 0.15) is 0 Å². The number of urea groups is 1. The number of primary amides is 1. The summed E-state index contributed by atoms with van der Waals surface area (Å²) in [4.78, 5) is 23.1. The van der Waals surface area contributed by atoms with Gasteiger partial charge in [-0.05, 0) is 47.7 Å². The number of nitrogens with two attached hydrogens (primary N) is 1. The van der Waals surface area contributed by atoms with Gasteiger partial charge in [0, 0.05) is 23.2 Å². The van der Waals surface area contributed by atoms with Crippen molar-refractivity contribution < 1.29 is 9.59 Å². The van der Waals surface area contributed by atoms with E-state index in [2.05, 4.69) is 10.6 Å². The van der Waals surface area contributed by atoms with Gasteiger partial charge in [0.25, 0.3) is 0 Å². The second kappa shape index (κ2) is 6.93. The Hall–Kier alpha value is -2.53. The Bertz CT molecular complexity index is 761. The summed E-state index contributed by atoms with van der Waals surface area (Å²) in [6.45, 7) is 0.414. The van der Waals surface area contributed by atoms with Crippen molar-refractivity contribution in [2.45, 2.75) is 18.9 Å². The molecule has 24 heavy (non-hydrogen) atoms. The number of anilines is 1. The Balaban J connectivity index is 1.53. The van der Waals surface area contributed by atoms with Crippen LogP contribution in [0.15, 0.2) is 48.5 Å². The molecule has 5 nitrogen and oxygen atoms in total. The molecule has 0 aliphatic heterocycles. The summed E-state index contributed by atoms with van der Waals surface area (Å²) in [5.41, 5.74) is 7.75. The molecular weight excluding hydrogens is 326 g/mol. The molecule has 1 aliphatic carbocycles. The van der Waals surface area contributed by atoms with Crippen LogP contribution in [0.4, 0.5) is 10.5 Å². The van der Waals surface area contributed by atoms with E-state index in [1.807, 2.05) is 30.3 Å². The maximum absolute atomic E-state index is 12.3. The number of carbonyl (C=O) groups excluding carboxylic acids is 2. The highest BCUT2D eigenvalue weighted by atomic mass is 35.5. The van der Waals surface area contributed by atoms with E-state index in [1.54, 1.807) is 18.2 Å². The van der Waals surface area contributed by atoms with Crippen molar-refractivity contribution in [3.8, 4) is 0 Å². The number of hydrogen-bond donors (Lipinski definition) is 3. The number of nitrogens with one attached hydrogen (secondary N) is 2. The van der Waals surface area contributed by atoms with E-state index in [-0.39, 0.29) is 17.7 Å². The van der Waals surface area contributed by atoms with Crippen LogP contribution in [-0.2, 0) is 11.3 Å². The molecule has 0 aromatic heterocycles. The Morgan fingerprint density at radius 1 is 1.17 bits per heavy atom. The zero-order valence-electron chi connectivity index (χ0n) is 13.0. The van der Waals surface area contributed by atoms with Crippen LogP contribution < -0.4 is 16.4 Å². The quantitative estimate of drug-likeness (QED) is 0.778. The summed E-state index contributed by atoms with van der Waals surface area (Å²) in [7, 11) is 0. The number of carbonyl (C=O) groups is 2. The molecule has 2 aromatic rings. The van der Waals surface area contributed by atoms with Crippen molar-refractivity contribution >= 4 is 29.2 Å². The lowest BCUT2D eigenvalue weighted by Gasteiger charge is -2.08. The minimum absolute atomic E-state index is 0.0121. The van der Waals surface area contributed by atoms with Crippen LogP contribution in [-0.4, -0.2) is 11.9 Å². The third-order valence-electron chi connectivity index (χ3n) is 4.09. The minimum atomic E-state index is -0.611. The predicted molar refractivity (Wildman–Crippen MR) is 93.8 cm³/mol. The number of benzene rings is 2. The fourth-order valence-corrected chi connectivity index (χ4v) is 2.91. The molecule has 0 heterocycles. The van der Waals surface area contributed by atoms with Crippen molar-refractivity contribution in [2.75, 3.05) is 5.32 Å². The Morgan fingerprint density at radius 2 is 1.92 bits per heavy atom. The van der Waals surface area contributed by atoms with Crippen LogP contribution in [0.2, 0.25) is 5.02 Å². The maximum Gasteiger partial charge on any atom is 0.316 e. The van der Waals surface area contributed by atoms with Gasteiger partial charge in [-0.25, -0.2) is 4.79 Å². The van der Waals surface area contributed by atoms with Gasteiger partial charge in [-0.15, -0.1) is 0 Å². The SMILES string of the molecule is NC(=O)Nc1cccc(CNC(=O)[C@H]2C[C@H]2c2ccc(Cl)cc2)c1. The Labute approximate surface area is 145 Å². The van der Waals surface area contributed by atoms with Gasteiger partial charge in [0.05, 0.1) is 0 Å². The lowest BCUT2D eigenvalue weighted by molar-refractivity contribution is -0.122. The third kappa shape index (κ3) is 4.06. The lowest BCUT2D eigenvalue weighted by atomic mass is 10.1. The van der Waals surface area contributed by atoms with E-state index >= 15 is 0 Å². The molecule has 2 aromatic carbocycles. The van der Waals surface area contributed by atoms with Gasteiger partial charge in [-0.1, -0.05) is 35.9 Å². The molecule has 2 atom stereocenters. The fraction of sp³-hybridized carbons (Fsp3) is 0.222. The summed E-state index contributed by atoms with van der Waals surface area (Å²) in [5.74, 6) is 0.325. The smallest absolute Gasteiger partial charge is 0.316 e. The third-order valence-corrected chi connectivity index (χ3v) is 4.34. The standard InChI is InChI=1S/C18H18ClN3O2/c19-13-6-4-12(5-7-13)15-9-16(15)17(23)21-10-11-2-1-3-14(8-11)22-18(20)24/h1-8,15-16H,9-10H2,(H,21,23)(H3,20,22,24)/t15-,16-/m0/s1. The maximum atomic E-state index is 12.3. The normalized spacial score (nSPS) is 18.7. The molecule has 4 N–H and O–H groups in total. The Kier molecular flexibility index (Phi) is 4.71. The van der Waals surface area contributed by atoms with E-state index in [4.69, 9.17) is 17.3 Å². The van der Waals surface area contributed by atoms with Gasteiger partial charge >= 0.3 is 6.03 Å². The van der Waals surface area contributed by atoms with Gasteiger partial charge in [0.2, 0.25) is 5.91 Å². The van der Waals surface area contributed by atoms with Gasteiger partial charge in [-0.2, -0.15) is 0 Å². The number of rotatable bonds is 5. The van der Waals surface area contributed by atoms with Gasteiger partial charge in [-0.3, -0.25) is 4.79 Å². The van der Waals surface area contributed by atoms with E-state index in [0.29, 0.717) is 17.3 Å². The molecule has 3 amide bonds. The van der Waals surface area contributed by atoms with E-state index in [1.165, 1.54) is 0 Å². The number of halogens is 1. The first kappa shape index (κ1) is 16.3. The van der Waals surface area contributed by atoms with Crippen molar-refractivity contribution in [3.05, 3.63) is 64.7 Å². The van der Waals surface area contributed by atoms with E-state index in [0.717, 1.165) is 17.5 Å². The molecule has 3 rings (SSSR count).